The van der Waals surface area contributed by atoms with Gasteiger partial charge >= 0.3 is 12.0 Å². The highest BCUT2D eigenvalue weighted by molar-refractivity contribution is 7.98. The molecule has 0 bridgehead atoms. The Bertz CT molecular complexity index is 816. The van der Waals surface area contributed by atoms with E-state index in [4.69, 9.17) is 4.74 Å². The van der Waals surface area contributed by atoms with Gasteiger partial charge in [-0.3, -0.25) is 9.69 Å². The lowest BCUT2D eigenvalue weighted by Gasteiger charge is -2.18. The fourth-order valence-electron chi connectivity index (χ4n) is 2.72. The van der Waals surface area contributed by atoms with Gasteiger partial charge in [0.25, 0.3) is 5.91 Å². The normalized spacial score (nSPS) is 17.4. The van der Waals surface area contributed by atoms with Crippen molar-refractivity contribution >= 4 is 29.7 Å². The Morgan fingerprint density at radius 1 is 1.50 bits per heavy atom. The van der Waals surface area contributed by atoms with Crippen LogP contribution in [0.2, 0.25) is 0 Å². The van der Waals surface area contributed by atoms with Crippen molar-refractivity contribution in [1.82, 2.24) is 15.2 Å². The molecule has 0 aromatic carbocycles. The van der Waals surface area contributed by atoms with Gasteiger partial charge in [0.05, 0.1) is 11.1 Å². The number of pyridine rings is 1. The van der Waals surface area contributed by atoms with Gasteiger partial charge in [0.1, 0.15) is 11.1 Å². The molecular weight excluding hydrogens is 356 g/mol. The number of carbonyl (C=O) groups is 3. The predicted molar refractivity (Wildman–Crippen MR) is 92.7 cm³/mol. The van der Waals surface area contributed by atoms with Gasteiger partial charge in [-0.1, -0.05) is 0 Å². The standard InChI is InChI=1S/C17H18N4O4S/c1-9(15(22)21-6-5-19-17(21)24)25-16(23)11-7-13(10-3-4-10)20-14(26-2)12(11)8-18/h7,9-10H,3-6H2,1-2H3,(H,19,24)/t9-/m0/s1. The molecular formula is C17H18N4O4S. The van der Waals surface area contributed by atoms with Gasteiger partial charge in [0.2, 0.25) is 0 Å². The number of thioether (sulfide) groups is 1. The molecule has 1 aromatic heterocycles. The fourth-order valence-corrected chi connectivity index (χ4v) is 3.28. The predicted octanol–water partition coefficient (Wildman–Crippen LogP) is 1.65. The largest absolute Gasteiger partial charge is 0.449 e. The van der Waals surface area contributed by atoms with Gasteiger partial charge in [-0.15, -0.1) is 11.8 Å². The van der Waals surface area contributed by atoms with Crippen LogP contribution in [0.15, 0.2) is 11.1 Å². The summed E-state index contributed by atoms with van der Waals surface area (Å²) in [5, 5.41) is 12.4. The summed E-state index contributed by atoms with van der Waals surface area (Å²) in [5.41, 5.74) is 1.02. The molecule has 1 saturated heterocycles. The highest BCUT2D eigenvalue weighted by atomic mass is 32.2. The van der Waals surface area contributed by atoms with Gasteiger partial charge in [-0.2, -0.15) is 5.26 Å². The molecule has 9 heteroatoms. The van der Waals surface area contributed by atoms with Gasteiger partial charge in [0, 0.05) is 24.7 Å². The molecule has 3 amide bonds. The summed E-state index contributed by atoms with van der Waals surface area (Å²) in [6.07, 6.45) is 2.65. The Kier molecular flexibility index (Phi) is 5.13. The van der Waals surface area contributed by atoms with E-state index in [0.717, 1.165) is 23.4 Å². The zero-order valence-electron chi connectivity index (χ0n) is 14.4. The summed E-state index contributed by atoms with van der Waals surface area (Å²) in [6.45, 7) is 2.02. The van der Waals surface area contributed by atoms with Crippen molar-refractivity contribution in [3.05, 3.63) is 22.9 Å². The minimum Gasteiger partial charge on any atom is -0.449 e. The maximum absolute atomic E-state index is 12.6. The molecule has 1 aliphatic carbocycles. The van der Waals surface area contributed by atoms with Crippen molar-refractivity contribution in [3.8, 4) is 6.07 Å². The number of carbonyl (C=O) groups excluding carboxylic acids is 3. The van der Waals surface area contributed by atoms with Crippen LogP contribution >= 0.6 is 11.8 Å². The van der Waals surface area contributed by atoms with Crippen LogP contribution in [0.4, 0.5) is 4.79 Å². The maximum Gasteiger partial charge on any atom is 0.340 e. The minimum absolute atomic E-state index is 0.110. The van der Waals surface area contributed by atoms with E-state index in [-0.39, 0.29) is 17.7 Å². The number of nitrogens with one attached hydrogen (secondary N) is 1. The first-order valence-electron chi connectivity index (χ1n) is 8.25. The van der Waals surface area contributed by atoms with Crippen LogP contribution in [0.3, 0.4) is 0 Å². The number of imide groups is 1. The summed E-state index contributed by atoms with van der Waals surface area (Å²) < 4.78 is 5.26. The van der Waals surface area contributed by atoms with Crippen molar-refractivity contribution in [2.75, 3.05) is 19.3 Å². The summed E-state index contributed by atoms with van der Waals surface area (Å²) in [5.74, 6) is -1.05. The zero-order valence-corrected chi connectivity index (χ0v) is 15.3. The molecule has 1 saturated carbocycles. The lowest BCUT2D eigenvalue weighted by atomic mass is 10.1. The Morgan fingerprint density at radius 2 is 2.23 bits per heavy atom. The zero-order chi connectivity index (χ0) is 18.8. The Morgan fingerprint density at radius 3 is 2.77 bits per heavy atom. The van der Waals surface area contributed by atoms with E-state index in [1.165, 1.54) is 18.7 Å². The van der Waals surface area contributed by atoms with Crippen molar-refractivity contribution in [2.45, 2.75) is 36.8 Å². The Balaban J connectivity index is 1.82. The molecule has 0 spiro atoms. The second-order valence-electron chi connectivity index (χ2n) is 6.13. The van der Waals surface area contributed by atoms with E-state index in [1.807, 2.05) is 6.07 Å². The molecule has 1 aromatic rings. The van der Waals surface area contributed by atoms with E-state index in [0.29, 0.717) is 17.5 Å². The lowest BCUT2D eigenvalue weighted by molar-refractivity contribution is -0.136. The van der Waals surface area contributed by atoms with Crippen LogP contribution < -0.4 is 5.32 Å². The van der Waals surface area contributed by atoms with Crippen molar-refractivity contribution in [1.29, 1.82) is 5.26 Å². The number of rotatable bonds is 5. The molecule has 0 radical (unpaired) electrons. The highest BCUT2D eigenvalue weighted by Crippen LogP contribution is 2.40. The molecule has 3 rings (SSSR count). The van der Waals surface area contributed by atoms with Gasteiger partial charge in [-0.25, -0.2) is 14.6 Å². The molecule has 136 valence electrons. The fraction of sp³-hybridized carbons (Fsp3) is 0.471. The second kappa shape index (κ2) is 7.33. The average molecular weight is 374 g/mol. The van der Waals surface area contributed by atoms with Crippen molar-refractivity contribution < 1.29 is 19.1 Å². The van der Waals surface area contributed by atoms with Crippen LogP contribution in [-0.2, 0) is 9.53 Å². The van der Waals surface area contributed by atoms with Gasteiger partial charge < -0.3 is 10.1 Å². The molecule has 2 fully saturated rings. The van der Waals surface area contributed by atoms with Crippen LogP contribution in [0.5, 0.6) is 0 Å². The second-order valence-corrected chi connectivity index (χ2v) is 6.93. The first-order valence-corrected chi connectivity index (χ1v) is 9.48. The summed E-state index contributed by atoms with van der Waals surface area (Å²) in [7, 11) is 0. The molecule has 26 heavy (non-hydrogen) atoms. The minimum atomic E-state index is -1.13. The number of hydrogen-bond acceptors (Lipinski definition) is 7. The van der Waals surface area contributed by atoms with Crippen molar-refractivity contribution in [3.63, 3.8) is 0 Å². The molecule has 1 aliphatic heterocycles. The number of aromatic nitrogens is 1. The van der Waals surface area contributed by atoms with Crippen LogP contribution in [0.1, 0.15) is 47.3 Å². The van der Waals surface area contributed by atoms with E-state index >= 15 is 0 Å². The molecule has 1 N–H and O–H groups in total. The lowest BCUT2D eigenvalue weighted by Crippen LogP contribution is -2.41. The number of amides is 3. The van der Waals surface area contributed by atoms with E-state index in [9.17, 15) is 19.6 Å². The number of urea groups is 1. The number of ether oxygens (including phenoxy) is 1. The molecule has 1 atom stereocenters. The third-order valence-electron chi connectivity index (χ3n) is 4.28. The van der Waals surface area contributed by atoms with Crippen LogP contribution in [-0.4, -0.2) is 53.2 Å². The van der Waals surface area contributed by atoms with Gasteiger partial charge in [0.15, 0.2) is 6.10 Å². The third kappa shape index (κ3) is 3.51. The number of nitriles is 1. The smallest absolute Gasteiger partial charge is 0.340 e. The van der Waals surface area contributed by atoms with Gasteiger partial charge in [-0.05, 0) is 32.1 Å². The van der Waals surface area contributed by atoms with Crippen LogP contribution in [0.25, 0.3) is 0 Å². The monoisotopic (exact) mass is 374 g/mol. The third-order valence-corrected chi connectivity index (χ3v) is 4.96. The SMILES string of the molecule is CSc1nc(C2CC2)cc(C(=O)O[C@@H](C)C(=O)N2CCNC2=O)c1C#N. The summed E-state index contributed by atoms with van der Waals surface area (Å²) in [4.78, 5) is 42.0. The summed E-state index contributed by atoms with van der Waals surface area (Å²) >= 11 is 1.29. The summed E-state index contributed by atoms with van der Waals surface area (Å²) in [6, 6.07) is 3.09. The maximum atomic E-state index is 12.6. The number of hydrogen-bond donors (Lipinski definition) is 1. The van der Waals surface area contributed by atoms with Crippen LogP contribution in [0, 0.1) is 11.3 Å². The first-order chi connectivity index (χ1) is 12.5. The first kappa shape index (κ1) is 18.2. The molecule has 2 aliphatic rings. The van der Waals surface area contributed by atoms with E-state index < -0.39 is 24.0 Å². The molecule has 2 heterocycles. The number of esters is 1. The Labute approximate surface area is 154 Å². The molecule has 8 nitrogen and oxygen atoms in total. The van der Waals surface area contributed by atoms with E-state index in [2.05, 4.69) is 10.3 Å². The van der Waals surface area contributed by atoms with Crippen molar-refractivity contribution in [2.24, 2.45) is 0 Å². The quantitative estimate of drug-likeness (QED) is 0.616. The van der Waals surface area contributed by atoms with E-state index in [1.54, 1.807) is 12.3 Å². The molecule has 0 unspecified atom stereocenters. The number of nitrogens with zero attached hydrogens (tertiary/aromatic N) is 3. The Hall–Kier alpha value is -2.60. The average Bonchev–Trinajstić information content (AvgIpc) is 3.40. The highest BCUT2D eigenvalue weighted by Gasteiger charge is 2.33. The topological polar surface area (TPSA) is 112 Å².